The van der Waals surface area contributed by atoms with Crippen LogP contribution in [0.1, 0.15) is 10.5 Å². The Balaban J connectivity index is 1.37. The van der Waals surface area contributed by atoms with Crippen molar-refractivity contribution < 1.29 is 23.8 Å². The number of rotatable bonds is 4. The quantitative estimate of drug-likeness (QED) is 0.418. The highest BCUT2D eigenvalue weighted by atomic mass is 19.1. The van der Waals surface area contributed by atoms with Gasteiger partial charge in [0.15, 0.2) is 17.3 Å². The van der Waals surface area contributed by atoms with E-state index in [-0.39, 0.29) is 40.4 Å². The van der Waals surface area contributed by atoms with Gasteiger partial charge < -0.3 is 35.1 Å². The summed E-state index contributed by atoms with van der Waals surface area (Å²) in [7, 11) is 2.76. The van der Waals surface area contributed by atoms with E-state index in [9.17, 15) is 9.90 Å². The Kier molecular flexibility index (Phi) is 5.23. The molecule has 0 aliphatic carbocycles. The number of nitrogens with two attached hydrogens (primary N) is 1. The number of nitrogens with zero attached hydrogens (tertiary/aromatic N) is 4. The van der Waals surface area contributed by atoms with Crippen LogP contribution in [0.2, 0.25) is 0 Å². The summed E-state index contributed by atoms with van der Waals surface area (Å²) in [5, 5.41) is 10.7. The summed E-state index contributed by atoms with van der Waals surface area (Å²) in [6, 6.07) is 8.17. The van der Waals surface area contributed by atoms with Crippen LogP contribution < -0.4 is 20.1 Å². The van der Waals surface area contributed by atoms with Crippen LogP contribution in [-0.4, -0.2) is 71.3 Å². The number of aromatic nitrogens is 3. The third-order valence-electron chi connectivity index (χ3n) is 5.98. The summed E-state index contributed by atoms with van der Waals surface area (Å²) in [5.74, 6) is -0.121. The number of anilines is 2. The van der Waals surface area contributed by atoms with Gasteiger partial charge in [-0.15, -0.1) is 0 Å². The van der Waals surface area contributed by atoms with Gasteiger partial charge in [0.05, 0.1) is 14.2 Å². The maximum absolute atomic E-state index is 15.1. The van der Waals surface area contributed by atoms with Crippen molar-refractivity contribution >= 4 is 39.5 Å². The molecule has 1 aliphatic heterocycles. The molecular weight excluding hydrogens is 443 g/mol. The first-order valence-electron chi connectivity index (χ1n) is 10.6. The minimum atomic E-state index is -0.675. The number of piperazine rings is 1. The standard InChI is InChI=1S/C23H23FN6O4/c1-33-17-11-14-19(18(24)20(17)34-2)27-23(28-21(14)25)30-7-5-29(6-8-30)22(32)16-10-12-9-13(31)3-4-15(12)26-16/h3-4,9-11,26,31H,5-8H2,1-2H3,(H2,25,27,28). The number of fused-ring (bicyclic) bond motifs is 2. The molecule has 0 radical (unpaired) electrons. The first-order chi connectivity index (χ1) is 16.4. The zero-order chi connectivity index (χ0) is 24.0. The van der Waals surface area contributed by atoms with Crippen molar-refractivity contribution in [2.24, 2.45) is 0 Å². The number of nitrogens with one attached hydrogen (secondary N) is 1. The molecule has 4 aromatic rings. The largest absolute Gasteiger partial charge is 0.508 e. The predicted molar refractivity (Wildman–Crippen MR) is 125 cm³/mol. The number of aromatic hydroxyl groups is 1. The van der Waals surface area contributed by atoms with Crippen LogP contribution >= 0.6 is 0 Å². The molecule has 0 bridgehead atoms. The van der Waals surface area contributed by atoms with Gasteiger partial charge in [-0.3, -0.25) is 4.79 Å². The predicted octanol–water partition coefficient (Wildman–Crippen LogP) is 2.52. The Morgan fingerprint density at radius 3 is 2.59 bits per heavy atom. The van der Waals surface area contributed by atoms with E-state index in [0.717, 1.165) is 10.9 Å². The highest BCUT2D eigenvalue weighted by Crippen LogP contribution is 2.37. The molecule has 1 amide bonds. The number of H-pyrrole nitrogens is 1. The highest BCUT2D eigenvalue weighted by molar-refractivity contribution is 5.98. The topological polar surface area (TPSA) is 130 Å². The normalized spacial score (nSPS) is 14.1. The molecule has 11 heteroatoms. The lowest BCUT2D eigenvalue weighted by Gasteiger charge is -2.34. The van der Waals surface area contributed by atoms with Gasteiger partial charge in [-0.2, -0.15) is 4.98 Å². The van der Waals surface area contributed by atoms with Crippen LogP contribution in [0, 0.1) is 5.82 Å². The minimum Gasteiger partial charge on any atom is -0.508 e. The number of ether oxygens (including phenoxy) is 2. The Morgan fingerprint density at radius 1 is 1.12 bits per heavy atom. The van der Waals surface area contributed by atoms with E-state index in [1.165, 1.54) is 14.2 Å². The van der Waals surface area contributed by atoms with E-state index in [1.807, 2.05) is 4.90 Å². The molecule has 1 aliphatic rings. The van der Waals surface area contributed by atoms with E-state index in [2.05, 4.69) is 15.0 Å². The fraction of sp³-hybridized carbons (Fsp3) is 0.261. The first kappa shape index (κ1) is 21.6. The second kappa shape index (κ2) is 8.25. The van der Waals surface area contributed by atoms with Crippen molar-refractivity contribution in [2.45, 2.75) is 0 Å². The summed E-state index contributed by atoms with van der Waals surface area (Å²) in [5.41, 5.74) is 7.38. The van der Waals surface area contributed by atoms with E-state index in [1.54, 1.807) is 35.2 Å². The molecule has 176 valence electrons. The first-order valence-corrected chi connectivity index (χ1v) is 10.6. The van der Waals surface area contributed by atoms with E-state index >= 15 is 4.39 Å². The van der Waals surface area contributed by atoms with Crippen LogP contribution in [0.15, 0.2) is 30.3 Å². The molecule has 2 aromatic carbocycles. The van der Waals surface area contributed by atoms with Crippen LogP contribution in [0.5, 0.6) is 17.2 Å². The van der Waals surface area contributed by atoms with Crippen molar-refractivity contribution in [1.29, 1.82) is 0 Å². The van der Waals surface area contributed by atoms with Crippen molar-refractivity contribution in [3.63, 3.8) is 0 Å². The molecular formula is C23H23FN6O4. The van der Waals surface area contributed by atoms with Crippen LogP contribution in [0.25, 0.3) is 21.8 Å². The van der Waals surface area contributed by atoms with Gasteiger partial charge >= 0.3 is 0 Å². The number of carbonyl (C=O) groups is 1. The number of aromatic amines is 1. The van der Waals surface area contributed by atoms with Crippen molar-refractivity contribution in [1.82, 2.24) is 19.9 Å². The number of hydrogen-bond donors (Lipinski definition) is 3. The summed E-state index contributed by atoms with van der Waals surface area (Å²) in [6.45, 7) is 1.75. The third kappa shape index (κ3) is 3.54. The Bertz CT molecular complexity index is 1410. The number of hydrogen-bond acceptors (Lipinski definition) is 8. The fourth-order valence-electron chi connectivity index (χ4n) is 4.19. The number of benzene rings is 2. The van der Waals surface area contributed by atoms with Crippen LogP contribution in [0.4, 0.5) is 16.2 Å². The maximum atomic E-state index is 15.1. The lowest BCUT2D eigenvalue weighted by molar-refractivity contribution is 0.0741. The number of nitrogen functional groups attached to an aromatic ring is 1. The smallest absolute Gasteiger partial charge is 0.270 e. The molecule has 0 saturated carbocycles. The van der Waals surface area contributed by atoms with Gasteiger partial charge in [0.2, 0.25) is 5.95 Å². The Hall–Kier alpha value is -4.28. The molecule has 0 unspecified atom stereocenters. The van der Waals surface area contributed by atoms with E-state index < -0.39 is 5.82 Å². The summed E-state index contributed by atoms with van der Waals surface area (Å²) < 4.78 is 25.4. The molecule has 2 aromatic heterocycles. The number of amides is 1. The van der Waals surface area contributed by atoms with Crippen LogP contribution in [-0.2, 0) is 0 Å². The molecule has 4 N–H and O–H groups in total. The number of phenols is 1. The van der Waals surface area contributed by atoms with E-state index in [4.69, 9.17) is 15.2 Å². The lowest BCUT2D eigenvalue weighted by atomic mass is 10.2. The molecule has 10 nitrogen and oxygen atoms in total. The molecule has 1 fully saturated rings. The highest BCUT2D eigenvalue weighted by Gasteiger charge is 2.26. The molecule has 1 saturated heterocycles. The Labute approximate surface area is 193 Å². The second-order valence-corrected chi connectivity index (χ2v) is 7.96. The maximum Gasteiger partial charge on any atom is 0.270 e. The zero-order valence-corrected chi connectivity index (χ0v) is 18.6. The molecule has 5 rings (SSSR count). The van der Waals surface area contributed by atoms with E-state index in [0.29, 0.717) is 37.3 Å². The minimum absolute atomic E-state index is 0.0417. The van der Waals surface area contributed by atoms with Gasteiger partial charge in [-0.25, -0.2) is 9.37 Å². The molecule has 3 heterocycles. The van der Waals surface area contributed by atoms with Gasteiger partial charge in [0.25, 0.3) is 5.91 Å². The van der Waals surface area contributed by atoms with Crippen molar-refractivity contribution in [3.05, 3.63) is 41.8 Å². The number of phenolic OH excluding ortho intramolecular Hbond substituents is 1. The number of halogens is 1. The second-order valence-electron chi connectivity index (χ2n) is 7.96. The zero-order valence-electron chi connectivity index (χ0n) is 18.6. The summed E-state index contributed by atoms with van der Waals surface area (Å²) >= 11 is 0. The van der Waals surface area contributed by atoms with Gasteiger partial charge in [0, 0.05) is 42.5 Å². The van der Waals surface area contributed by atoms with Gasteiger partial charge in [-0.1, -0.05) is 0 Å². The Morgan fingerprint density at radius 2 is 1.88 bits per heavy atom. The average Bonchev–Trinajstić information content (AvgIpc) is 3.27. The lowest BCUT2D eigenvalue weighted by Crippen LogP contribution is -2.49. The monoisotopic (exact) mass is 466 g/mol. The van der Waals surface area contributed by atoms with Crippen molar-refractivity contribution in [3.8, 4) is 17.2 Å². The summed E-state index contributed by atoms with van der Waals surface area (Å²) in [4.78, 5) is 28.4. The van der Waals surface area contributed by atoms with Crippen LogP contribution in [0.3, 0.4) is 0 Å². The number of methoxy groups -OCH3 is 2. The molecule has 34 heavy (non-hydrogen) atoms. The van der Waals surface area contributed by atoms with Gasteiger partial charge in [-0.05, 0) is 30.3 Å². The third-order valence-corrected chi connectivity index (χ3v) is 5.98. The SMILES string of the molecule is COc1cc2c(N)nc(N3CCN(C(=O)c4cc5cc(O)ccc5[nH]4)CC3)nc2c(F)c1OC. The molecule has 0 atom stereocenters. The summed E-state index contributed by atoms with van der Waals surface area (Å²) in [6.07, 6.45) is 0. The average molecular weight is 466 g/mol. The number of carbonyl (C=O) groups excluding carboxylic acids is 1. The molecule has 0 spiro atoms. The van der Waals surface area contributed by atoms with Crippen molar-refractivity contribution in [2.75, 3.05) is 51.0 Å². The van der Waals surface area contributed by atoms with Gasteiger partial charge in [0.1, 0.15) is 22.8 Å². The fourth-order valence-corrected chi connectivity index (χ4v) is 4.19.